The van der Waals surface area contributed by atoms with E-state index in [-0.39, 0.29) is 5.41 Å². The summed E-state index contributed by atoms with van der Waals surface area (Å²) in [6.07, 6.45) is 1.67. The predicted octanol–water partition coefficient (Wildman–Crippen LogP) is 3.34. The number of anilines is 1. The molecule has 0 amide bonds. The Kier molecular flexibility index (Phi) is 4.44. The van der Waals surface area contributed by atoms with Crippen molar-refractivity contribution in [1.82, 2.24) is 24.8 Å². The number of thiazole rings is 1. The lowest BCUT2D eigenvalue weighted by atomic mass is 9.93. The summed E-state index contributed by atoms with van der Waals surface area (Å²) in [4.78, 5) is 22.0. The first kappa shape index (κ1) is 17.4. The molecule has 0 aromatic carbocycles. The van der Waals surface area contributed by atoms with Gasteiger partial charge in [0.1, 0.15) is 16.9 Å². The number of aromatic amines is 1. The van der Waals surface area contributed by atoms with Crippen LogP contribution in [0.1, 0.15) is 37.2 Å². The largest absolute Gasteiger partial charge is 0.354 e. The molecule has 3 aromatic heterocycles. The summed E-state index contributed by atoms with van der Waals surface area (Å²) < 4.78 is 0. The van der Waals surface area contributed by atoms with Crippen LogP contribution in [-0.4, -0.2) is 51.0 Å². The molecule has 4 rings (SSSR count). The van der Waals surface area contributed by atoms with Crippen LogP contribution in [0.2, 0.25) is 0 Å². The second kappa shape index (κ2) is 6.63. The van der Waals surface area contributed by atoms with Crippen LogP contribution >= 0.6 is 11.3 Å². The third kappa shape index (κ3) is 3.46. The Morgan fingerprint density at radius 3 is 2.62 bits per heavy atom. The van der Waals surface area contributed by atoms with Crippen molar-refractivity contribution < 1.29 is 0 Å². The van der Waals surface area contributed by atoms with E-state index in [9.17, 15) is 0 Å². The van der Waals surface area contributed by atoms with Crippen molar-refractivity contribution in [2.24, 2.45) is 0 Å². The SMILES string of the molecule is Cc1cc2ncnc(N3CCN(Cc4nc(C(C)(C)C)cs4)CC3)c2[nH]1. The van der Waals surface area contributed by atoms with Gasteiger partial charge in [-0.05, 0) is 13.0 Å². The maximum absolute atomic E-state index is 4.83. The second-order valence-corrected chi connectivity index (χ2v) is 8.99. The molecule has 0 spiro atoms. The van der Waals surface area contributed by atoms with Gasteiger partial charge in [-0.1, -0.05) is 20.8 Å². The summed E-state index contributed by atoms with van der Waals surface area (Å²) in [7, 11) is 0. The standard InChI is InChI=1S/C19H26N6S/c1-13-9-14-17(22-13)18(21-12-20-14)25-7-5-24(6-8-25)10-16-23-15(11-26-16)19(2,3)4/h9,11-12,22H,5-8,10H2,1-4H3. The Morgan fingerprint density at radius 2 is 1.92 bits per heavy atom. The number of hydrogen-bond donors (Lipinski definition) is 1. The lowest BCUT2D eigenvalue weighted by molar-refractivity contribution is 0.249. The zero-order valence-electron chi connectivity index (χ0n) is 15.9. The van der Waals surface area contributed by atoms with E-state index in [0.717, 1.165) is 55.3 Å². The number of H-pyrrole nitrogens is 1. The fourth-order valence-corrected chi connectivity index (χ4v) is 4.40. The summed E-state index contributed by atoms with van der Waals surface area (Å²) in [6.45, 7) is 13.6. The van der Waals surface area contributed by atoms with Gasteiger partial charge in [0.25, 0.3) is 0 Å². The number of piperazine rings is 1. The Balaban J connectivity index is 1.42. The zero-order chi connectivity index (χ0) is 18.3. The van der Waals surface area contributed by atoms with Gasteiger partial charge in [0, 0.05) is 42.7 Å². The Bertz CT molecular complexity index is 898. The molecule has 0 aliphatic carbocycles. The van der Waals surface area contributed by atoms with E-state index in [4.69, 9.17) is 4.98 Å². The van der Waals surface area contributed by atoms with Crippen molar-refractivity contribution >= 4 is 28.2 Å². The highest BCUT2D eigenvalue weighted by Gasteiger charge is 2.22. The Morgan fingerprint density at radius 1 is 1.15 bits per heavy atom. The molecule has 0 saturated carbocycles. The second-order valence-electron chi connectivity index (χ2n) is 8.05. The van der Waals surface area contributed by atoms with Crippen molar-refractivity contribution in [1.29, 1.82) is 0 Å². The van der Waals surface area contributed by atoms with Gasteiger partial charge in [0.15, 0.2) is 5.82 Å². The molecule has 0 bridgehead atoms. The average molecular weight is 371 g/mol. The molecule has 3 aromatic rings. The van der Waals surface area contributed by atoms with Crippen molar-refractivity contribution in [3.05, 3.63) is 34.2 Å². The third-order valence-electron chi connectivity index (χ3n) is 4.88. The minimum absolute atomic E-state index is 0.125. The van der Waals surface area contributed by atoms with Crippen molar-refractivity contribution in [3.8, 4) is 0 Å². The highest BCUT2D eigenvalue weighted by molar-refractivity contribution is 7.09. The number of nitrogens with zero attached hydrogens (tertiary/aromatic N) is 5. The lowest BCUT2D eigenvalue weighted by Crippen LogP contribution is -2.46. The van der Waals surface area contributed by atoms with Gasteiger partial charge in [-0.3, -0.25) is 4.90 Å². The normalized spacial score (nSPS) is 16.5. The first-order valence-electron chi connectivity index (χ1n) is 9.12. The summed E-state index contributed by atoms with van der Waals surface area (Å²) in [5.41, 5.74) is 4.49. The number of fused-ring (bicyclic) bond motifs is 1. The monoisotopic (exact) mass is 370 g/mol. The van der Waals surface area contributed by atoms with E-state index >= 15 is 0 Å². The Labute approximate surface area is 158 Å². The molecule has 138 valence electrons. The lowest BCUT2D eigenvalue weighted by Gasteiger charge is -2.35. The smallest absolute Gasteiger partial charge is 0.156 e. The molecular weight excluding hydrogens is 344 g/mol. The minimum atomic E-state index is 0.125. The van der Waals surface area contributed by atoms with Gasteiger partial charge in [-0.2, -0.15) is 0 Å². The minimum Gasteiger partial charge on any atom is -0.354 e. The van der Waals surface area contributed by atoms with Crippen molar-refractivity contribution in [2.75, 3.05) is 31.1 Å². The van der Waals surface area contributed by atoms with E-state index < -0.39 is 0 Å². The molecular formula is C19H26N6S. The molecule has 0 radical (unpaired) electrons. The summed E-state index contributed by atoms with van der Waals surface area (Å²) in [5.74, 6) is 1.02. The molecule has 0 atom stereocenters. The van der Waals surface area contributed by atoms with Gasteiger partial charge < -0.3 is 9.88 Å². The molecule has 1 N–H and O–H groups in total. The fraction of sp³-hybridized carbons (Fsp3) is 0.526. The zero-order valence-corrected chi connectivity index (χ0v) is 16.7. The van der Waals surface area contributed by atoms with Gasteiger partial charge in [0.2, 0.25) is 0 Å². The maximum atomic E-state index is 4.83. The third-order valence-corrected chi connectivity index (χ3v) is 5.72. The molecule has 0 unspecified atom stereocenters. The van der Waals surface area contributed by atoms with Crippen LogP contribution in [0.3, 0.4) is 0 Å². The molecule has 1 aliphatic heterocycles. The number of hydrogen-bond acceptors (Lipinski definition) is 6. The first-order chi connectivity index (χ1) is 12.4. The maximum Gasteiger partial charge on any atom is 0.156 e. The predicted molar refractivity (Wildman–Crippen MR) is 107 cm³/mol. The van der Waals surface area contributed by atoms with Gasteiger partial charge in [0.05, 0.1) is 17.8 Å². The van der Waals surface area contributed by atoms with Crippen molar-refractivity contribution in [3.63, 3.8) is 0 Å². The first-order valence-corrected chi connectivity index (χ1v) is 10.0. The molecule has 7 heteroatoms. The van der Waals surface area contributed by atoms with E-state index in [1.54, 1.807) is 17.7 Å². The Hall–Kier alpha value is -1.99. The number of aryl methyl sites for hydroxylation is 1. The molecule has 6 nitrogen and oxygen atoms in total. The topological polar surface area (TPSA) is 60.9 Å². The molecule has 1 aliphatic rings. The van der Waals surface area contributed by atoms with Crippen LogP contribution in [0, 0.1) is 6.92 Å². The summed E-state index contributed by atoms with van der Waals surface area (Å²) in [5, 5.41) is 3.42. The summed E-state index contributed by atoms with van der Waals surface area (Å²) >= 11 is 1.78. The highest BCUT2D eigenvalue weighted by atomic mass is 32.1. The van der Waals surface area contributed by atoms with Crippen LogP contribution in [0.15, 0.2) is 17.8 Å². The van der Waals surface area contributed by atoms with E-state index in [2.05, 4.69) is 63.9 Å². The van der Waals surface area contributed by atoms with E-state index in [1.807, 2.05) is 0 Å². The number of nitrogens with one attached hydrogen (secondary N) is 1. The van der Waals surface area contributed by atoms with Gasteiger partial charge >= 0.3 is 0 Å². The molecule has 1 fully saturated rings. The molecule has 4 heterocycles. The summed E-state index contributed by atoms with van der Waals surface area (Å²) in [6, 6.07) is 2.08. The quantitative estimate of drug-likeness (QED) is 0.766. The average Bonchev–Trinajstić information content (AvgIpc) is 3.20. The van der Waals surface area contributed by atoms with Crippen LogP contribution in [-0.2, 0) is 12.0 Å². The van der Waals surface area contributed by atoms with E-state index in [1.165, 1.54) is 10.7 Å². The van der Waals surface area contributed by atoms with Crippen LogP contribution < -0.4 is 4.90 Å². The fourth-order valence-electron chi connectivity index (χ4n) is 3.33. The molecule has 1 saturated heterocycles. The van der Waals surface area contributed by atoms with Crippen LogP contribution in [0.4, 0.5) is 5.82 Å². The number of rotatable bonds is 3. The number of aromatic nitrogens is 4. The van der Waals surface area contributed by atoms with Crippen LogP contribution in [0.5, 0.6) is 0 Å². The highest BCUT2D eigenvalue weighted by Crippen LogP contribution is 2.26. The van der Waals surface area contributed by atoms with Gasteiger partial charge in [-0.25, -0.2) is 15.0 Å². The van der Waals surface area contributed by atoms with Crippen molar-refractivity contribution in [2.45, 2.75) is 39.7 Å². The molecule has 26 heavy (non-hydrogen) atoms. The van der Waals surface area contributed by atoms with Crippen LogP contribution in [0.25, 0.3) is 11.0 Å². The van der Waals surface area contributed by atoms with Gasteiger partial charge in [-0.15, -0.1) is 11.3 Å². The van der Waals surface area contributed by atoms with E-state index in [0.29, 0.717) is 0 Å².